The van der Waals surface area contributed by atoms with E-state index in [2.05, 4.69) is 5.32 Å². The number of halogens is 2. The Labute approximate surface area is 152 Å². The second kappa shape index (κ2) is 6.95. The Morgan fingerprint density at radius 1 is 1.04 bits per heavy atom. The first-order chi connectivity index (χ1) is 11.9. The number of carbonyl (C=O) groups excluding carboxylic acids is 1. The van der Waals surface area contributed by atoms with Gasteiger partial charge >= 0.3 is 0 Å². The number of hydrogen-bond donors (Lipinski definition) is 1. The largest absolute Gasteiger partial charge is 0.321 e. The second-order valence-corrected chi connectivity index (χ2v) is 8.69. The number of rotatable bonds is 4. The molecule has 4 nitrogen and oxygen atoms in total. The maximum Gasteiger partial charge on any atom is 0.265 e. The molecule has 1 amide bonds. The molecule has 0 radical (unpaired) electrons. The van der Waals surface area contributed by atoms with Crippen molar-refractivity contribution in [2.75, 3.05) is 5.32 Å². The fourth-order valence-electron chi connectivity index (χ4n) is 2.07. The Bertz CT molecular complexity index is 1030. The summed E-state index contributed by atoms with van der Waals surface area (Å²) in [5.41, 5.74) is 0.317. The lowest BCUT2D eigenvalue weighted by molar-refractivity contribution is 0.103. The number of anilines is 1. The van der Waals surface area contributed by atoms with Crippen LogP contribution >= 0.6 is 22.9 Å². The predicted molar refractivity (Wildman–Crippen MR) is 95.6 cm³/mol. The summed E-state index contributed by atoms with van der Waals surface area (Å²) in [7, 11) is -3.67. The van der Waals surface area contributed by atoms with Gasteiger partial charge < -0.3 is 5.32 Å². The van der Waals surface area contributed by atoms with Crippen molar-refractivity contribution < 1.29 is 17.6 Å². The molecule has 0 saturated carbocycles. The van der Waals surface area contributed by atoms with Gasteiger partial charge in [0.2, 0.25) is 9.84 Å². The fraction of sp³-hybridized carbons (Fsp3) is 0. The van der Waals surface area contributed by atoms with Crippen LogP contribution in [0.3, 0.4) is 0 Å². The fourth-order valence-corrected chi connectivity index (χ4v) is 4.87. The lowest BCUT2D eigenvalue weighted by atomic mass is 10.3. The Hall–Kier alpha value is -2.22. The second-order valence-electron chi connectivity index (χ2n) is 5.02. The molecule has 2 aromatic carbocycles. The first-order valence-corrected chi connectivity index (χ1v) is 9.72. The van der Waals surface area contributed by atoms with Crippen molar-refractivity contribution >= 4 is 44.4 Å². The normalized spacial score (nSPS) is 11.3. The lowest BCUT2D eigenvalue weighted by Crippen LogP contribution is -2.10. The van der Waals surface area contributed by atoms with Crippen LogP contribution in [-0.2, 0) is 9.84 Å². The Balaban J connectivity index is 1.83. The van der Waals surface area contributed by atoms with Crippen molar-refractivity contribution in [3.63, 3.8) is 0 Å². The van der Waals surface area contributed by atoms with Crippen molar-refractivity contribution in [1.29, 1.82) is 0 Å². The molecule has 25 heavy (non-hydrogen) atoms. The zero-order chi connectivity index (χ0) is 18.0. The third-order valence-corrected chi connectivity index (χ3v) is 6.94. The monoisotopic (exact) mass is 395 g/mol. The van der Waals surface area contributed by atoms with E-state index in [-0.39, 0.29) is 19.0 Å². The highest BCUT2D eigenvalue weighted by atomic mass is 35.5. The van der Waals surface area contributed by atoms with Crippen molar-refractivity contribution in [2.24, 2.45) is 0 Å². The molecule has 0 bridgehead atoms. The van der Waals surface area contributed by atoms with E-state index in [0.717, 1.165) is 17.4 Å². The number of hydrogen-bond acceptors (Lipinski definition) is 4. The van der Waals surface area contributed by atoms with Crippen LogP contribution < -0.4 is 5.32 Å². The maximum atomic E-state index is 13.1. The van der Waals surface area contributed by atoms with Gasteiger partial charge in [-0.25, -0.2) is 12.8 Å². The van der Waals surface area contributed by atoms with E-state index in [4.69, 9.17) is 11.6 Å². The summed E-state index contributed by atoms with van der Waals surface area (Å²) in [6, 6.07) is 14.6. The van der Waals surface area contributed by atoms with Crippen LogP contribution in [-0.4, -0.2) is 14.3 Å². The summed E-state index contributed by atoms with van der Waals surface area (Å²) in [5, 5.41) is 2.44. The van der Waals surface area contributed by atoms with E-state index in [9.17, 15) is 17.6 Å². The minimum atomic E-state index is -3.67. The molecule has 0 aliphatic rings. The van der Waals surface area contributed by atoms with E-state index >= 15 is 0 Å². The highest BCUT2D eigenvalue weighted by Gasteiger charge is 2.21. The van der Waals surface area contributed by atoms with Gasteiger partial charge in [0.05, 0.1) is 14.8 Å². The number of amides is 1. The number of sulfone groups is 1. The van der Waals surface area contributed by atoms with Gasteiger partial charge in [-0.15, -0.1) is 11.3 Å². The third kappa shape index (κ3) is 3.73. The number of nitrogens with one attached hydrogen (secondary N) is 1. The van der Waals surface area contributed by atoms with Gasteiger partial charge in [0, 0.05) is 5.69 Å². The van der Waals surface area contributed by atoms with Crippen LogP contribution in [0.4, 0.5) is 10.1 Å². The third-order valence-electron chi connectivity index (χ3n) is 3.30. The standard InChI is InChI=1S/C17H11ClFNO3S2/c18-13-10-11(6-7-14(13)19)20-17(21)15-8-9-16(24-15)25(22,23)12-4-2-1-3-5-12/h1-10H,(H,20,21). The van der Waals surface area contributed by atoms with E-state index in [1.165, 1.54) is 36.4 Å². The molecule has 1 heterocycles. The molecular weight excluding hydrogens is 385 g/mol. The minimum absolute atomic E-state index is 0.0704. The summed E-state index contributed by atoms with van der Waals surface area (Å²) >= 11 is 6.53. The van der Waals surface area contributed by atoms with Crippen molar-refractivity contribution in [3.8, 4) is 0 Å². The minimum Gasteiger partial charge on any atom is -0.321 e. The van der Waals surface area contributed by atoms with Crippen molar-refractivity contribution in [3.05, 3.63) is 76.4 Å². The smallest absolute Gasteiger partial charge is 0.265 e. The molecule has 0 saturated heterocycles. The highest BCUT2D eigenvalue weighted by Crippen LogP contribution is 2.28. The zero-order valence-electron chi connectivity index (χ0n) is 12.6. The predicted octanol–water partition coefficient (Wildman–Crippen LogP) is 4.63. The van der Waals surface area contributed by atoms with E-state index in [1.54, 1.807) is 18.2 Å². The molecule has 3 rings (SSSR count). The Morgan fingerprint density at radius 2 is 1.76 bits per heavy atom. The summed E-state index contributed by atoms with van der Waals surface area (Å²) in [6.07, 6.45) is 0. The van der Waals surface area contributed by atoms with Crippen LogP contribution in [0.2, 0.25) is 5.02 Å². The summed E-state index contributed by atoms with van der Waals surface area (Å²) < 4.78 is 38.3. The maximum absolute atomic E-state index is 13.1. The molecule has 0 spiro atoms. The van der Waals surface area contributed by atoms with Crippen LogP contribution in [0.15, 0.2) is 69.8 Å². The molecule has 1 aromatic heterocycles. The number of carbonyl (C=O) groups is 1. The summed E-state index contributed by atoms with van der Waals surface area (Å²) in [4.78, 5) is 12.6. The quantitative estimate of drug-likeness (QED) is 0.700. The molecule has 8 heteroatoms. The molecule has 0 aliphatic carbocycles. The van der Waals surface area contributed by atoms with Gasteiger partial charge in [0.1, 0.15) is 10.0 Å². The zero-order valence-corrected chi connectivity index (χ0v) is 15.0. The SMILES string of the molecule is O=C(Nc1ccc(F)c(Cl)c1)c1ccc(S(=O)(=O)c2ccccc2)s1. The molecule has 0 fully saturated rings. The summed E-state index contributed by atoms with van der Waals surface area (Å²) in [5.74, 6) is -1.09. The first-order valence-electron chi connectivity index (χ1n) is 7.04. The first kappa shape index (κ1) is 17.6. The molecule has 3 aromatic rings. The molecule has 0 aliphatic heterocycles. The molecular formula is C17H11ClFNO3S2. The van der Waals surface area contributed by atoms with Crippen LogP contribution in [0, 0.1) is 5.82 Å². The lowest BCUT2D eigenvalue weighted by Gasteiger charge is -2.04. The van der Waals surface area contributed by atoms with E-state index in [1.807, 2.05) is 0 Å². The van der Waals surface area contributed by atoms with Crippen LogP contribution in [0.1, 0.15) is 9.67 Å². The average Bonchev–Trinajstić information content (AvgIpc) is 3.10. The van der Waals surface area contributed by atoms with Gasteiger partial charge in [-0.3, -0.25) is 4.79 Å². The van der Waals surface area contributed by atoms with Gasteiger partial charge in [-0.2, -0.15) is 0 Å². The van der Waals surface area contributed by atoms with Gasteiger partial charge in [-0.05, 0) is 42.5 Å². The van der Waals surface area contributed by atoms with Crippen LogP contribution in [0.5, 0.6) is 0 Å². The molecule has 0 unspecified atom stereocenters. The summed E-state index contributed by atoms with van der Waals surface area (Å²) in [6.45, 7) is 0. The Kier molecular flexibility index (Phi) is 4.89. The van der Waals surface area contributed by atoms with Gasteiger partial charge in [-0.1, -0.05) is 29.8 Å². The Morgan fingerprint density at radius 3 is 2.44 bits per heavy atom. The van der Waals surface area contributed by atoms with Gasteiger partial charge in [0.25, 0.3) is 5.91 Å². The molecule has 0 atom stereocenters. The molecule has 1 N–H and O–H groups in total. The van der Waals surface area contributed by atoms with Crippen molar-refractivity contribution in [1.82, 2.24) is 0 Å². The van der Waals surface area contributed by atoms with Crippen molar-refractivity contribution in [2.45, 2.75) is 9.10 Å². The van der Waals surface area contributed by atoms with Crippen LogP contribution in [0.25, 0.3) is 0 Å². The van der Waals surface area contributed by atoms with Gasteiger partial charge in [0.15, 0.2) is 0 Å². The molecule has 128 valence electrons. The van der Waals surface area contributed by atoms with E-state index < -0.39 is 21.6 Å². The van der Waals surface area contributed by atoms with E-state index in [0.29, 0.717) is 5.69 Å². The average molecular weight is 396 g/mol. The highest BCUT2D eigenvalue weighted by molar-refractivity contribution is 7.93. The number of thiophene rings is 1. The number of benzene rings is 2. The topological polar surface area (TPSA) is 63.2 Å².